The molecule has 130 valence electrons. The van der Waals surface area contributed by atoms with Crippen LogP contribution in [0.2, 0.25) is 0 Å². The van der Waals surface area contributed by atoms with Gasteiger partial charge in [-0.25, -0.2) is 0 Å². The third-order valence-electron chi connectivity index (χ3n) is 3.71. The predicted molar refractivity (Wildman–Crippen MR) is 87.7 cm³/mol. The monoisotopic (exact) mass is 346 g/mol. The quantitative estimate of drug-likeness (QED) is 0.420. The summed E-state index contributed by atoms with van der Waals surface area (Å²) in [4.78, 5) is 12.7. The second kappa shape index (κ2) is 5.82. The Morgan fingerprint density at radius 2 is 1.44 bits per heavy atom. The first kappa shape index (κ1) is 16.3. The van der Waals surface area contributed by atoms with Gasteiger partial charge in [0.25, 0.3) is 0 Å². The Labute approximate surface area is 140 Å². The van der Waals surface area contributed by atoms with Crippen LogP contribution in [0.25, 0.3) is 22.3 Å². The van der Waals surface area contributed by atoms with Gasteiger partial charge in [0.05, 0.1) is 14.2 Å². The highest BCUT2D eigenvalue weighted by atomic mass is 16.5. The summed E-state index contributed by atoms with van der Waals surface area (Å²) in [5, 5.41) is 39.3. The fourth-order valence-corrected chi connectivity index (χ4v) is 2.52. The molecule has 0 unspecified atom stereocenters. The molecule has 25 heavy (non-hydrogen) atoms. The van der Waals surface area contributed by atoms with E-state index in [9.17, 15) is 25.2 Å². The molecule has 3 rings (SSSR count). The number of hydrogen-bond acceptors (Lipinski definition) is 8. The van der Waals surface area contributed by atoms with E-state index in [1.54, 1.807) is 0 Å². The topological polar surface area (TPSA) is 130 Å². The van der Waals surface area contributed by atoms with Crippen LogP contribution in [-0.2, 0) is 0 Å². The molecular formula is C17H14O8. The molecule has 0 spiro atoms. The lowest BCUT2D eigenvalue weighted by atomic mass is 10.1. The Bertz CT molecular complexity index is 1020. The summed E-state index contributed by atoms with van der Waals surface area (Å²) in [6.07, 6.45) is 0. The maximum absolute atomic E-state index is 12.7. The van der Waals surface area contributed by atoms with Gasteiger partial charge >= 0.3 is 0 Å². The molecule has 4 N–H and O–H groups in total. The van der Waals surface area contributed by atoms with Gasteiger partial charge in [-0.2, -0.15) is 0 Å². The molecule has 1 aromatic heterocycles. The number of fused-ring (bicyclic) bond motifs is 1. The van der Waals surface area contributed by atoms with Crippen LogP contribution in [-0.4, -0.2) is 34.6 Å². The van der Waals surface area contributed by atoms with Crippen molar-refractivity contribution in [3.63, 3.8) is 0 Å². The normalized spacial score (nSPS) is 10.8. The summed E-state index contributed by atoms with van der Waals surface area (Å²) in [5.74, 6) is -2.93. The van der Waals surface area contributed by atoms with E-state index in [0.29, 0.717) is 5.56 Å². The Morgan fingerprint density at radius 3 is 2.00 bits per heavy atom. The van der Waals surface area contributed by atoms with Gasteiger partial charge in [0.1, 0.15) is 11.1 Å². The molecule has 0 aliphatic heterocycles. The zero-order valence-electron chi connectivity index (χ0n) is 13.2. The molecule has 8 nitrogen and oxygen atoms in total. The Kier molecular flexibility index (Phi) is 3.80. The molecule has 0 amide bonds. The van der Waals surface area contributed by atoms with E-state index in [1.807, 2.05) is 0 Å². The fraction of sp³-hybridized carbons (Fsp3) is 0.118. The van der Waals surface area contributed by atoms with Gasteiger partial charge in [0.2, 0.25) is 28.4 Å². The molecule has 0 aliphatic carbocycles. The number of aromatic hydroxyl groups is 4. The van der Waals surface area contributed by atoms with E-state index in [4.69, 9.17) is 13.9 Å². The summed E-state index contributed by atoms with van der Waals surface area (Å²) in [7, 11) is 2.40. The maximum Gasteiger partial charge on any atom is 0.239 e. The third kappa shape index (κ3) is 2.35. The lowest BCUT2D eigenvalue weighted by molar-refractivity contribution is 0.329. The largest absolute Gasteiger partial charge is 0.508 e. The number of phenolic OH excluding ortho intramolecular Hbond substituents is 4. The summed E-state index contributed by atoms with van der Waals surface area (Å²) < 4.78 is 15.5. The van der Waals surface area contributed by atoms with Crippen molar-refractivity contribution in [1.29, 1.82) is 0 Å². The average molecular weight is 346 g/mol. The van der Waals surface area contributed by atoms with Gasteiger partial charge < -0.3 is 34.3 Å². The van der Waals surface area contributed by atoms with Crippen LogP contribution >= 0.6 is 0 Å². The Hall–Kier alpha value is -3.55. The van der Waals surface area contributed by atoms with Crippen molar-refractivity contribution in [1.82, 2.24) is 0 Å². The molecule has 0 atom stereocenters. The van der Waals surface area contributed by atoms with E-state index in [-0.39, 0.29) is 17.3 Å². The predicted octanol–water partition coefficient (Wildman–Crippen LogP) is 2.30. The van der Waals surface area contributed by atoms with E-state index in [1.165, 1.54) is 31.4 Å². The van der Waals surface area contributed by atoms with Gasteiger partial charge in [-0.1, -0.05) is 0 Å². The molecule has 0 fully saturated rings. The Morgan fingerprint density at radius 1 is 0.840 bits per heavy atom. The minimum atomic E-state index is -0.766. The van der Waals surface area contributed by atoms with Crippen LogP contribution in [0.5, 0.6) is 34.5 Å². The standard InChI is InChI=1S/C17H14O8/c1-23-16-10(19)9-11(20)17(24-2)14(7-3-5-8(18)6-4-7)25-15(9)12(21)13(16)22/h3-6,18-19,21-22H,1-2H3. The third-order valence-corrected chi connectivity index (χ3v) is 3.71. The van der Waals surface area contributed by atoms with Crippen LogP contribution in [0.1, 0.15) is 0 Å². The van der Waals surface area contributed by atoms with Gasteiger partial charge in [-0.05, 0) is 24.3 Å². The van der Waals surface area contributed by atoms with Crippen molar-refractivity contribution < 1.29 is 34.3 Å². The van der Waals surface area contributed by atoms with Crippen LogP contribution in [0, 0.1) is 0 Å². The van der Waals surface area contributed by atoms with Gasteiger partial charge in [-0.3, -0.25) is 4.79 Å². The first-order valence-electron chi connectivity index (χ1n) is 7.05. The average Bonchev–Trinajstić information content (AvgIpc) is 2.60. The second-order valence-electron chi connectivity index (χ2n) is 5.12. The van der Waals surface area contributed by atoms with E-state index >= 15 is 0 Å². The van der Waals surface area contributed by atoms with Crippen LogP contribution in [0.4, 0.5) is 0 Å². The first-order chi connectivity index (χ1) is 11.9. The van der Waals surface area contributed by atoms with Crippen molar-refractivity contribution in [2.45, 2.75) is 0 Å². The minimum Gasteiger partial charge on any atom is -0.508 e. The lowest BCUT2D eigenvalue weighted by Gasteiger charge is -2.13. The smallest absolute Gasteiger partial charge is 0.239 e. The molecule has 0 bridgehead atoms. The molecule has 2 aromatic carbocycles. The maximum atomic E-state index is 12.7. The number of benzene rings is 2. The van der Waals surface area contributed by atoms with Gasteiger partial charge in [0.15, 0.2) is 17.1 Å². The molecule has 0 radical (unpaired) electrons. The van der Waals surface area contributed by atoms with Crippen LogP contribution < -0.4 is 14.9 Å². The summed E-state index contributed by atoms with van der Waals surface area (Å²) >= 11 is 0. The highest BCUT2D eigenvalue weighted by Gasteiger charge is 2.27. The molecule has 0 saturated carbocycles. The second-order valence-corrected chi connectivity index (χ2v) is 5.12. The van der Waals surface area contributed by atoms with Crippen molar-refractivity contribution in [3.8, 4) is 45.8 Å². The number of rotatable bonds is 3. The van der Waals surface area contributed by atoms with Crippen molar-refractivity contribution in [2.75, 3.05) is 14.2 Å². The number of methoxy groups -OCH3 is 2. The molecule has 0 saturated heterocycles. The summed E-state index contributed by atoms with van der Waals surface area (Å²) in [5.41, 5.74) is -0.814. The molecule has 0 aliphatic rings. The van der Waals surface area contributed by atoms with Gasteiger partial charge in [-0.15, -0.1) is 0 Å². The number of phenols is 4. The zero-order valence-corrected chi connectivity index (χ0v) is 13.2. The minimum absolute atomic E-state index is 0.00808. The molecular weight excluding hydrogens is 332 g/mol. The number of hydrogen-bond donors (Lipinski definition) is 4. The SMILES string of the molecule is COc1c(O)c(O)c2oc(-c3ccc(O)cc3)c(OC)c(=O)c2c1O. The molecule has 1 heterocycles. The van der Waals surface area contributed by atoms with Gasteiger partial charge in [0, 0.05) is 5.56 Å². The molecule has 8 heteroatoms. The van der Waals surface area contributed by atoms with Crippen molar-refractivity contribution in [2.24, 2.45) is 0 Å². The first-order valence-corrected chi connectivity index (χ1v) is 7.05. The van der Waals surface area contributed by atoms with E-state index < -0.39 is 39.4 Å². The highest BCUT2D eigenvalue weighted by Crippen LogP contribution is 2.49. The van der Waals surface area contributed by atoms with Crippen LogP contribution in [0.15, 0.2) is 33.5 Å². The fourth-order valence-electron chi connectivity index (χ4n) is 2.52. The van der Waals surface area contributed by atoms with E-state index in [0.717, 1.165) is 7.11 Å². The zero-order chi connectivity index (χ0) is 18.3. The summed E-state index contributed by atoms with van der Waals surface area (Å²) in [6, 6.07) is 5.70. The highest BCUT2D eigenvalue weighted by molar-refractivity contribution is 5.96. The van der Waals surface area contributed by atoms with Crippen LogP contribution in [0.3, 0.4) is 0 Å². The van der Waals surface area contributed by atoms with Crippen molar-refractivity contribution >= 4 is 11.0 Å². The number of ether oxygens (including phenoxy) is 2. The Balaban J connectivity index is 2.48. The van der Waals surface area contributed by atoms with E-state index in [2.05, 4.69) is 0 Å². The lowest BCUT2D eigenvalue weighted by Crippen LogP contribution is -2.08. The summed E-state index contributed by atoms with van der Waals surface area (Å²) in [6.45, 7) is 0. The molecule has 3 aromatic rings. The van der Waals surface area contributed by atoms with Crippen molar-refractivity contribution in [3.05, 3.63) is 34.5 Å².